The fraction of sp³-hybridized carbons (Fsp3) is 0.412. The molecule has 150 valence electrons. The molecule has 1 aromatic heterocycles. The van der Waals surface area contributed by atoms with Crippen LogP contribution in [0.3, 0.4) is 0 Å². The van der Waals surface area contributed by atoms with Gasteiger partial charge in [0, 0.05) is 26.7 Å². The molecular formula is C17H21N5O6. The lowest BCUT2D eigenvalue weighted by Gasteiger charge is -2.13. The third-order valence-electron chi connectivity index (χ3n) is 3.85. The lowest BCUT2D eigenvalue weighted by Crippen LogP contribution is -2.35. The van der Waals surface area contributed by atoms with Crippen LogP contribution < -0.4 is 19.5 Å². The monoisotopic (exact) mass is 391 g/mol. The van der Waals surface area contributed by atoms with E-state index in [1.165, 1.54) is 15.8 Å². The predicted octanol–water partition coefficient (Wildman–Crippen LogP) is -0.735. The summed E-state index contributed by atoms with van der Waals surface area (Å²) in [7, 11) is 3.25. The van der Waals surface area contributed by atoms with E-state index in [0.717, 1.165) is 0 Å². The van der Waals surface area contributed by atoms with Gasteiger partial charge in [-0.05, 0) is 12.1 Å². The summed E-state index contributed by atoms with van der Waals surface area (Å²) in [6, 6.07) is 5.09. The topological polar surface area (TPSA) is 128 Å². The Morgan fingerprint density at radius 3 is 2.93 bits per heavy atom. The Morgan fingerprint density at radius 1 is 1.36 bits per heavy atom. The van der Waals surface area contributed by atoms with E-state index in [1.807, 2.05) is 0 Å². The lowest BCUT2D eigenvalue weighted by molar-refractivity contribution is -0.129. The molecule has 0 saturated carbocycles. The maximum absolute atomic E-state index is 12.1. The van der Waals surface area contributed by atoms with Crippen molar-refractivity contribution in [3.8, 4) is 17.2 Å². The van der Waals surface area contributed by atoms with Crippen LogP contribution in [0.25, 0.3) is 0 Å². The van der Waals surface area contributed by atoms with Crippen molar-refractivity contribution in [2.45, 2.75) is 12.6 Å². The first kappa shape index (κ1) is 19.4. The Kier molecular flexibility index (Phi) is 5.94. The second-order valence-corrected chi connectivity index (χ2v) is 6.28. The predicted molar refractivity (Wildman–Crippen MR) is 95.1 cm³/mol. The molecule has 1 aromatic carbocycles. The van der Waals surface area contributed by atoms with Gasteiger partial charge < -0.3 is 29.5 Å². The van der Waals surface area contributed by atoms with Gasteiger partial charge in [0.1, 0.15) is 25.0 Å². The molecule has 0 radical (unpaired) electrons. The van der Waals surface area contributed by atoms with Crippen molar-refractivity contribution >= 4 is 11.8 Å². The average Bonchev–Trinajstić information content (AvgIpc) is 3.33. The van der Waals surface area contributed by atoms with Crippen LogP contribution in [0.2, 0.25) is 0 Å². The summed E-state index contributed by atoms with van der Waals surface area (Å²) in [6.45, 7) is 0.0947. The van der Waals surface area contributed by atoms with E-state index in [4.69, 9.17) is 14.2 Å². The van der Waals surface area contributed by atoms with Crippen LogP contribution >= 0.6 is 0 Å². The SMILES string of the molecule is CN(C)C(=O)Cn1cc(C(=O)NCC(O)COc2ccc3c(c2)OCO3)nn1. The van der Waals surface area contributed by atoms with E-state index in [9.17, 15) is 14.7 Å². The number of carbonyl (C=O) groups is 2. The van der Waals surface area contributed by atoms with E-state index in [0.29, 0.717) is 17.2 Å². The molecule has 0 bridgehead atoms. The van der Waals surface area contributed by atoms with Crippen molar-refractivity contribution in [2.24, 2.45) is 0 Å². The molecule has 11 heteroatoms. The molecule has 0 spiro atoms. The van der Waals surface area contributed by atoms with Crippen molar-refractivity contribution in [3.05, 3.63) is 30.1 Å². The fourth-order valence-corrected chi connectivity index (χ4v) is 2.28. The van der Waals surface area contributed by atoms with Crippen molar-refractivity contribution in [1.82, 2.24) is 25.2 Å². The van der Waals surface area contributed by atoms with E-state index in [-0.39, 0.29) is 38.1 Å². The quantitative estimate of drug-likeness (QED) is 0.603. The Bertz CT molecular complexity index is 852. The smallest absolute Gasteiger partial charge is 0.273 e. The zero-order valence-electron chi connectivity index (χ0n) is 15.5. The molecule has 2 N–H and O–H groups in total. The molecule has 0 aliphatic carbocycles. The number of hydrogen-bond acceptors (Lipinski definition) is 8. The number of nitrogens with zero attached hydrogens (tertiary/aromatic N) is 4. The molecule has 1 unspecified atom stereocenters. The Hall–Kier alpha value is -3.34. The highest BCUT2D eigenvalue weighted by atomic mass is 16.7. The number of hydrogen-bond donors (Lipinski definition) is 2. The molecule has 2 aromatic rings. The maximum atomic E-state index is 12.1. The number of aliphatic hydroxyl groups excluding tert-OH is 1. The zero-order valence-corrected chi connectivity index (χ0v) is 15.5. The molecule has 1 aliphatic heterocycles. The van der Waals surface area contributed by atoms with Crippen LogP contribution in [-0.4, -0.2) is 77.0 Å². The Labute approximate surface area is 160 Å². The first-order valence-electron chi connectivity index (χ1n) is 8.51. The second-order valence-electron chi connectivity index (χ2n) is 6.28. The number of carbonyl (C=O) groups excluding carboxylic acids is 2. The first-order valence-corrected chi connectivity index (χ1v) is 8.51. The van der Waals surface area contributed by atoms with Gasteiger partial charge in [0.15, 0.2) is 17.2 Å². The van der Waals surface area contributed by atoms with Crippen LogP contribution in [0, 0.1) is 0 Å². The highest BCUT2D eigenvalue weighted by molar-refractivity contribution is 5.91. The highest BCUT2D eigenvalue weighted by Gasteiger charge is 2.16. The number of amides is 2. The van der Waals surface area contributed by atoms with E-state index in [2.05, 4.69) is 15.6 Å². The maximum Gasteiger partial charge on any atom is 0.273 e. The normalized spacial score (nSPS) is 13.1. The minimum Gasteiger partial charge on any atom is -0.491 e. The number of fused-ring (bicyclic) bond motifs is 1. The molecular weight excluding hydrogens is 370 g/mol. The summed E-state index contributed by atoms with van der Waals surface area (Å²) in [5.74, 6) is 1.05. The zero-order chi connectivity index (χ0) is 20.1. The van der Waals surface area contributed by atoms with Crippen molar-refractivity contribution in [2.75, 3.05) is 34.0 Å². The van der Waals surface area contributed by atoms with Gasteiger partial charge in [-0.1, -0.05) is 5.21 Å². The van der Waals surface area contributed by atoms with Crippen LogP contribution in [0.5, 0.6) is 17.2 Å². The van der Waals surface area contributed by atoms with Gasteiger partial charge in [-0.2, -0.15) is 0 Å². The van der Waals surface area contributed by atoms with E-state index in [1.54, 1.807) is 32.3 Å². The van der Waals surface area contributed by atoms with Crippen molar-refractivity contribution in [3.63, 3.8) is 0 Å². The number of aromatic nitrogens is 3. The van der Waals surface area contributed by atoms with Gasteiger partial charge in [0.25, 0.3) is 5.91 Å². The Morgan fingerprint density at radius 2 is 2.14 bits per heavy atom. The summed E-state index contributed by atoms with van der Waals surface area (Å²) in [5, 5.41) is 20.0. The minimum absolute atomic E-state index is 0.0146. The molecule has 11 nitrogen and oxygen atoms in total. The van der Waals surface area contributed by atoms with Crippen LogP contribution in [0.4, 0.5) is 0 Å². The van der Waals surface area contributed by atoms with Crippen molar-refractivity contribution in [1.29, 1.82) is 0 Å². The van der Waals surface area contributed by atoms with E-state index < -0.39 is 12.0 Å². The summed E-state index contributed by atoms with van der Waals surface area (Å²) in [6.07, 6.45) is 0.436. The number of benzene rings is 1. The average molecular weight is 391 g/mol. The van der Waals surface area contributed by atoms with Gasteiger partial charge in [0.05, 0.1) is 6.20 Å². The van der Waals surface area contributed by atoms with Crippen LogP contribution in [0.15, 0.2) is 24.4 Å². The first-order chi connectivity index (χ1) is 13.4. The molecule has 2 heterocycles. The number of nitrogens with one attached hydrogen (secondary N) is 1. The molecule has 1 aliphatic rings. The largest absolute Gasteiger partial charge is 0.491 e. The summed E-state index contributed by atoms with van der Waals surface area (Å²) in [5.41, 5.74) is 0.0513. The Balaban J connectivity index is 1.43. The highest BCUT2D eigenvalue weighted by Crippen LogP contribution is 2.35. The number of rotatable bonds is 8. The lowest BCUT2D eigenvalue weighted by atomic mass is 10.3. The van der Waals surface area contributed by atoms with E-state index >= 15 is 0 Å². The summed E-state index contributed by atoms with van der Waals surface area (Å²) >= 11 is 0. The molecule has 2 amide bonds. The van der Waals surface area contributed by atoms with Crippen molar-refractivity contribution < 1.29 is 28.9 Å². The fourth-order valence-electron chi connectivity index (χ4n) is 2.28. The third-order valence-corrected chi connectivity index (χ3v) is 3.85. The standard InChI is InChI=1S/C17H21N5O6/c1-21(2)16(24)8-22-7-13(19-20-22)17(25)18-6-11(23)9-26-12-3-4-14-15(5-12)28-10-27-14/h3-5,7,11,23H,6,8-10H2,1-2H3,(H,18,25). The molecule has 28 heavy (non-hydrogen) atoms. The molecule has 0 fully saturated rings. The molecule has 1 atom stereocenters. The number of likely N-dealkylation sites (N-methyl/N-ethyl adjacent to an activating group) is 1. The van der Waals surface area contributed by atoms with Crippen LogP contribution in [-0.2, 0) is 11.3 Å². The van der Waals surface area contributed by atoms with Gasteiger partial charge in [-0.3, -0.25) is 9.59 Å². The van der Waals surface area contributed by atoms with Gasteiger partial charge in [0.2, 0.25) is 12.7 Å². The van der Waals surface area contributed by atoms with Gasteiger partial charge >= 0.3 is 0 Å². The third kappa shape index (κ3) is 4.88. The summed E-state index contributed by atoms with van der Waals surface area (Å²) < 4.78 is 17.2. The second kappa shape index (κ2) is 8.57. The molecule has 0 saturated heterocycles. The van der Waals surface area contributed by atoms with Gasteiger partial charge in [-0.15, -0.1) is 5.10 Å². The molecule has 3 rings (SSSR count). The van der Waals surface area contributed by atoms with Gasteiger partial charge in [-0.25, -0.2) is 4.68 Å². The number of ether oxygens (including phenoxy) is 3. The number of aliphatic hydroxyl groups is 1. The minimum atomic E-state index is -0.931. The summed E-state index contributed by atoms with van der Waals surface area (Å²) in [4.78, 5) is 25.1. The van der Waals surface area contributed by atoms with Crippen LogP contribution in [0.1, 0.15) is 10.5 Å².